The average molecular weight is 343 g/mol. The largest absolute Gasteiger partial charge is 0.309 e. The van der Waals surface area contributed by atoms with Crippen LogP contribution in [0.15, 0.2) is 34.4 Å². The van der Waals surface area contributed by atoms with Gasteiger partial charge in [-0.05, 0) is 43.1 Å². The lowest BCUT2D eigenvalue weighted by atomic mass is 10.0. The first-order chi connectivity index (χ1) is 9.20. The second-order valence-corrected chi connectivity index (χ2v) is 6.12. The van der Waals surface area contributed by atoms with Crippen LogP contribution in [0.25, 0.3) is 0 Å². The highest BCUT2D eigenvalue weighted by molar-refractivity contribution is 9.10. The van der Waals surface area contributed by atoms with Crippen LogP contribution in [0.3, 0.4) is 0 Å². The van der Waals surface area contributed by atoms with Crippen LogP contribution in [-0.4, -0.2) is 11.5 Å². The highest BCUT2D eigenvalue weighted by Crippen LogP contribution is 2.26. The Balaban J connectivity index is 2.17. The number of halogens is 2. The summed E-state index contributed by atoms with van der Waals surface area (Å²) in [5, 5.41) is 3.49. The van der Waals surface area contributed by atoms with Gasteiger partial charge in [0.1, 0.15) is 5.82 Å². The highest BCUT2D eigenvalue weighted by atomic mass is 79.9. The van der Waals surface area contributed by atoms with E-state index in [1.807, 2.05) is 11.7 Å². The predicted octanol–water partition coefficient (Wildman–Crippen LogP) is 4.33. The van der Waals surface area contributed by atoms with Crippen LogP contribution in [0.5, 0.6) is 0 Å². The number of nitrogens with one attached hydrogen (secondary N) is 1. The third-order valence-corrected chi connectivity index (χ3v) is 4.53. The Morgan fingerprint density at radius 3 is 3.00 bits per heavy atom. The van der Waals surface area contributed by atoms with E-state index in [4.69, 9.17) is 0 Å². The van der Waals surface area contributed by atoms with Crippen LogP contribution >= 0.6 is 27.3 Å². The molecule has 1 atom stereocenters. The van der Waals surface area contributed by atoms with Gasteiger partial charge in [0.25, 0.3) is 0 Å². The summed E-state index contributed by atoms with van der Waals surface area (Å²) in [5.41, 5.74) is 2.80. The number of benzene rings is 1. The van der Waals surface area contributed by atoms with Crippen molar-refractivity contribution in [1.29, 1.82) is 0 Å². The van der Waals surface area contributed by atoms with Crippen LogP contribution in [0, 0.1) is 5.82 Å². The predicted molar refractivity (Wildman–Crippen MR) is 81.0 cm³/mol. The van der Waals surface area contributed by atoms with Gasteiger partial charge in [0.05, 0.1) is 5.51 Å². The fourth-order valence-corrected chi connectivity index (χ4v) is 3.01. The minimum atomic E-state index is -0.197. The molecule has 0 fully saturated rings. The van der Waals surface area contributed by atoms with Gasteiger partial charge < -0.3 is 5.32 Å². The van der Waals surface area contributed by atoms with E-state index in [9.17, 15) is 4.39 Å². The van der Waals surface area contributed by atoms with Gasteiger partial charge in [0.2, 0.25) is 0 Å². The molecule has 5 heteroatoms. The zero-order chi connectivity index (χ0) is 13.7. The maximum Gasteiger partial charge on any atom is 0.123 e. The van der Waals surface area contributed by atoms with Crippen LogP contribution in [0.1, 0.15) is 29.8 Å². The van der Waals surface area contributed by atoms with E-state index in [-0.39, 0.29) is 11.9 Å². The Kier molecular flexibility index (Phi) is 5.48. The zero-order valence-corrected chi connectivity index (χ0v) is 13.1. The molecule has 1 aromatic heterocycles. The molecular weight excluding hydrogens is 327 g/mol. The Bertz CT molecular complexity index is 516. The lowest BCUT2D eigenvalue weighted by molar-refractivity contribution is 0.533. The zero-order valence-electron chi connectivity index (χ0n) is 10.7. The van der Waals surface area contributed by atoms with Crippen LogP contribution < -0.4 is 5.32 Å². The van der Waals surface area contributed by atoms with E-state index < -0.39 is 0 Å². The summed E-state index contributed by atoms with van der Waals surface area (Å²) in [4.78, 5) is 5.31. The van der Waals surface area contributed by atoms with Crippen molar-refractivity contribution in [3.05, 3.63) is 50.6 Å². The first kappa shape index (κ1) is 14.6. The summed E-state index contributed by atoms with van der Waals surface area (Å²) in [6.07, 6.45) is 3.70. The normalized spacial score (nSPS) is 12.6. The highest BCUT2D eigenvalue weighted by Gasteiger charge is 2.15. The molecule has 102 valence electrons. The second-order valence-electron chi connectivity index (χ2n) is 4.35. The van der Waals surface area contributed by atoms with E-state index >= 15 is 0 Å². The van der Waals surface area contributed by atoms with E-state index in [2.05, 4.69) is 33.2 Å². The van der Waals surface area contributed by atoms with Gasteiger partial charge in [0.15, 0.2) is 0 Å². The van der Waals surface area contributed by atoms with Crippen molar-refractivity contribution in [2.24, 2.45) is 0 Å². The van der Waals surface area contributed by atoms with Gasteiger partial charge in [-0.25, -0.2) is 4.39 Å². The molecule has 1 heterocycles. The van der Waals surface area contributed by atoms with E-state index in [0.717, 1.165) is 29.4 Å². The Morgan fingerprint density at radius 1 is 1.47 bits per heavy atom. The Labute approximate surface area is 125 Å². The maximum absolute atomic E-state index is 13.3. The monoisotopic (exact) mass is 342 g/mol. The molecule has 0 aliphatic rings. The van der Waals surface area contributed by atoms with Gasteiger partial charge in [-0.2, -0.15) is 0 Å². The number of thiazole rings is 1. The molecule has 2 aromatic rings. The summed E-state index contributed by atoms with van der Waals surface area (Å²) in [6.45, 7) is 3.07. The van der Waals surface area contributed by atoms with E-state index in [1.165, 1.54) is 10.9 Å². The molecule has 0 saturated carbocycles. The fraction of sp³-hybridized carbons (Fsp3) is 0.357. The lowest BCUT2D eigenvalue weighted by Crippen LogP contribution is -2.23. The molecule has 0 aliphatic heterocycles. The smallest absolute Gasteiger partial charge is 0.123 e. The van der Waals surface area contributed by atoms with Crippen molar-refractivity contribution in [3.63, 3.8) is 0 Å². The molecular formula is C14H16BrFN2S. The maximum atomic E-state index is 13.3. The van der Waals surface area contributed by atoms with Crippen molar-refractivity contribution >= 4 is 27.3 Å². The molecule has 0 aliphatic carbocycles. The summed E-state index contributed by atoms with van der Waals surface area (Å²) < 4.78 is 14.3. The van der Waals surface area contributed by atoms with Gasteiger partial charge in [-0.15, -0.1) is 11.3 Å². The van der Waals surface area contributed by atoms with Crippen LogP contribution in [0.4, 0.5) is 4.39 Å². The van der Waals surface area contributed by atoms with Crippen LogP contribution in [0.2, 0.25) is 0 Å². The molecule has 0 radical (unpaired) electrons. The van der Waals surface area contributed by atoms with Crippen molar-refractivity contribution in [2.75, 3.05) is 6.54 Å². The second kappa shape index (κ2) is 7.12. The molecule has 2 nitrogen and oxygen atoms in total. The quantitative estimate of drug-likeness (QED) is 0.845. The number of rotatable bonds is 6. The fourth-order valence-electron chi connectivity index (χ4n) is 1.91. The molecule has 1 aromatic carbocycles. The number of hydrogen-bond donors (Lipinski definition) is 1. The van der Waals surface area contributed by atoms with E-state index in [1.54, 1.807) is 23.5 Å². The van der Waals surface area contributed by atoms with Crippen LogP contribution in [-0.2, 0) is 6.42 Å². The first-order valence-electron chi connectivity index (χ1n) is 6.26. The summed E-state index contributed by atoms with van der Waals surface area (Å²) in [5.74, 6) is -0.197. The summed E-state index contributed by atoms with van der Waals surface area (Å²) in [7, 11) is 0. The lowest BCUT2D eigenvalue weighted by Gasteiger charge is -2.17. The third-order valence-electron chi connectivity index (χ3n) is 2.87. The number of hydrogen-bond acceptors (Lipinski definition) is 3. The summed E-state index contributed by atoms with van der Waals surface area (Å²) in [6, 6.07) is 5.00. The number of nitrogens with zero attached hydrogens (tertiary/aromatic N) is 1. The average Bonchev–Trinajstić information content (AvgIpc) is 2.92. The number of aromatic nitrogens is 1. The molecule has 0 bridgehead atoms. The third kappa shape index (κ3) is 4.09. The van der Waals surface area contributed by atoms with Gasteiger partial charge >= 0.3 is 0 Å². The van der Waals surface area contributed by atoms with Gasteiger partial charge in [0, 0.05) is 21.6 Å². The molecule has 0 amide bonds. The van der Waals surface area contributed by atoms with Crippen molar-refractivity contribution < 1.29 is 4.39 Å². The Hall–Kier alpha value is -0.780. The minimum Gasteiger partial charge on any atom is -0.309 e. The molecule has 19 heavy (non-hydrogen) atoms. The molecule has 0 saturated heterocycles. The van der Waals surface area contributed by atoms with Crippen molar-refractivity contribution in [1.82, 2.24) is 10.3 Å². The Morgan fingerprint density at radius 2 is 2.32 bits per heavy atom. The molecule has 1 unspecified atom stereocenters. The molecule has 0 spiro atoms. The van der Waals surface area contributed by atoms with Crippen molar-refractivity contribution in [3.8, 4) is 0 Å². The van der Waals surface area contributed by atoms with Gasteiger partial charge in [-0.1, -0.05) is 22.9 Å². The minimum absolute atomic E-state index is 0.186. The topological polar surface area (TPSA) is 24.9 Å². The summed E-state index contributed by atoms with van der Waals surface area (Å²) >= 11 is 5.11. The standard InChI is InChI=1S/C14H16BrFN2S/c1-2-5-18-13(14-8-17-9-19-14)7-10-6-11(16)3-4-12(10)15/h3-4,6,8-9,13,18H,2,5,7H2,1H3. The molecule has 1 N–H and O–H groups in total. The van der Waals surface area contributed by atoms with E-state index in [0.29, 0.717) is 0 Å². The van der Waals surface area contributed by atoms with Gasteiger partial charge in [-0.3, -0.25) is 4.98 Å². The molecule has 2 rings (SSSR count). The SMILES string of the molecule is CCCNC(Cc1cc(F)ccc1Br)c1cncs1. The van der Waals surface area contributed by atoms with Crippen molar-refractivity contribution in [2.45, 2.75) is 25.8 Å². The first-order valence-corrected chi connectivity index (χ1v) is 7.93.